The van der Waals surface area contributed by atoms with Gasteiger partial charge in [0.1, 0.15) is 5.75 Å². The number of amides is 1. The molecule has 128 valence electrons. The molecule has 0 saturated carbocycles. The summed E-state index contributed by atoms with van der Waals surface area (Å²) >= 11 is 5.99. The molecule has 0 fully saturated rings. The van der Waals surface area contributed by atoms with Crippen LogP contribution in [0.15, 0.2) is 35.1 Å². The molecule has 0 spiro atoms. The van der Waals surface area contributed by atoms with E-state index in [-0.39, 0.29) is 18.0 Å². The van der Waals surface area contributed by atoms with Crippen LogP contribution >= 0.6 is 11.6 Å². The zero-order valence-corrected chi connectivity index (χ0v) is 14.6. The van der Waals surface area contributed by atoms with Gasteiger partial charge in [0, 0.05) is 24.2 Å². The molecule has 0 aliphatic heterocycles. The quantitative estimate of drug-likeness (QED) is 0.755. The lowest BCUT2D eigenvalue weighted by atomic mass is 10.1. The van der Waals surface area contributed by atoms with Crippen LogP contribution in [0.1, 0.15) is 29.7 Å². The molecule has 1 amide bonds. The minimum atomic E-state index is -0.158. The predicted octanol–water partition coefficient (Wildman–Crippen LogP) is 3.12. The molecular weight excluding hydrogens is 328 g/mol. The molecule has 0 aliphatic rings. The molecule has 24 heavy (non-hydrogen) atoms. The number of carbonyl (C=O) groups is 1. The average molecular weight is 349 g/mol. The minimum absolute atomic E-state index is 0.114. The van der Waals surface area contributed by atoms with E-state index >= 15 is 0 Å². The number of aryl methyl sites for hydroxylation is 2. The Balaban J connectivity index is 1.74. The lowest BCUT2D eigenvalue weighted by Gasteiger charge is -2.09. The summed E-state index contributed by atoms with van der Waals surface area (Å²) in [5, 5.41) is 3.32. The zero-order valence-electron chi connectivity index (χ0n) is 13.8. The third-order valence-electron chi connectivity index (χ3n) is 3.60. The zero-order chi connectivity index (χ0) is 17.5. The van der Waals surface area contributed by atoms with Crippen LogP contribution in [0, 0.1) is 13.8 Å². The minimum Gasteiger partial charge on any atom is -0.492 e. The number of aromatic amines is 1. The van der Waals surface area contributed by atoms with Crippen molar-refractivity contribution >= 4 is 17.5 Å². The summed E-state index contributed by atoms with van der Waals surface area (Å²) in [6.07, 6.45) is 0.896. The van der Waals surface area contributed by atoms with Gasteiger partial charge in [-0.05, 0) is 44.0 Å². The Bertz CT molecular complexity index is 771. The maximum atomic E-state index is 11.9. The highest BCUT2D eigenvalue weighted by molar-refractivity contribution is 6.32. The van der Waals surface area contributed by atoms with Crippen LogP contribution < -0.4 is 15.6 Å². The number of carbonyl (C=O) groups excluding carboxylic acids is 1. The summed E-state index contributed by atoms with van der Waals surface area (Å²) in [6.45, 7) is 4.32. The second kappa shape index (κ2) is 8.55. The fourth-order valence-electron chi connectivity index (χ4n) is 2.35. The SMILES string of the molecule is Cc1cc(C)c(CNC(=O)CCCOc2ccccc2Cl)c(=O)[nH]1. The lowest BCUT2D eigenvalue weighted by Crippen LogP contribution is -2.28. The third kappa shape index (κ3) is 5.13. The van der Waals surface area contributed by atoms with Crippen LogP contribution in [0.25, 0.3) is 0 Å². The number of pyridine rings is 1. The first-order valence-corrected chi connectivity index (χ1v) is 8.18. The molecule has 0 unspecified atom stereocenters. The molecule has 6 heteroatoms. The molecule has 0 bridgehead atoms. The summed E-state index contributed by atoms with van der Waals surface area (Å²) in [5.74, 6) is 0.499. The van der Waals surface area contributed by atoms with Crippen LogP contribution in [0.5, 0.6) is 5.75 Å². The van der Waals surface area contributed by atoms with E-state index in [0.29, 0.717) is 35.8 Å². The van der Waals surface area contributed by atoms with Crippen molar-refractivity contribution in [1.82, 2.24) is 10.3 Å². The van der Waals surface area contributed by atoms with Crippen molar-refractivity contribution in [3.8, 4) is 5.75 Å². The van der Waals surface area contributed by atoms with Crippen molar-refractivity contribution in [2.24, 2.45) is 0 Å². The third-order valence-corrected chi connectivity index (χ3v) is 3.91. The van der Waals surface area contributed by atoms with Crippen molar-refractivity contribution in [2.45, 2.75) is 33.2 Å². The topological polar surface area (TPSA) is 71.2 Å². The molecular formula is C18H21ClN2O3. The van der Waals surface area contributed by atoms with Crippen LogP contribution in [0.2, 0.25) is 5.02 Å². The fourth-order valence-corrected chi connectivity index (χ4v) is 2.54. The maximum absolute atomic E-state index is 11.9. The van der Waals surface area contributed by atoms with E-state index in [0.717, 1.165) is 11.3 Å². The van der Waals surface area contributed by atoms with Gasteiger partial charge in [-0.25, -0.2) is 0 Å². The van der Waals surface area contributed by atoms with Crippen LogP contribution in [0.4, 0.5) is 0 Å². The van der Waals surface area contributed by atoms with Crippen molar-refractivity contribution < 1.29 is 9.53 Å². The van der Waals surface area contributed by atoms with E-state index in [2.05, 4.69) is 10.3 Å². The van der Waals surface area contributed by atoms with Crippen molar-refractivity contribution in [1.29, 1.82) is 0 Å². The van der Waals surface area contributed by atoms with Gasteiger partial charge in [-0.2, -0.15) is 0 Å². The standard InChI is InChI=1S/C18H21ClN2O3/c1-12-10-13(2)21-18(23)14(12)11-20-17(22)8-5-9-24-16-7-4-3-6-15(16)19/h3-4,6-7,10H,5,8-9,11H2,1-2H3,(H,20,22)(H,21,23). The Morgan fingerprint density at radius 3 is 2.75 bits per heavy atom. The number of aromatic nitrogens is 1. The molecule has 1 aromatic carbocycles. The highest BCUT2D eigenvalue weighted by atomic mass is 35.5. The highest BCUT2D eigenvalue weighted by Crippen LogP contribution is 2.23. The number of nitrogens with one attached hydrogen (secondary N) is 2. The number of rotatable bonds is 7. The van der Waals surface area contributed by atoms with E-state index in [1.165, 1.54) is 0 Å². The van der Waals surface area contributed by atoms with E-state index in [1.54, 1.807) is 12.1 Å². The van der Waals surface area contributed by atoms with Crippen LogP contribution in [-0.4, -0.2) is 17.5 Å². The fraction of sp³-hybridized carbons (Fsp3) is 0.333. The second-order valence-electron chi connectivity index (χ2n) is 5.60. The number of para-hydroxylation sites is 1. The van der Waals surface area contributed by atoms with Gasteiger partial charge in [0.15, 0.2) is 0 Å². The number of benzene rings is 1. The van der Waals surface area contributed by atoms with Gasteiger partial charge in [0.25, 0.3) is 5.56 Å². The molecule has 5 nitrogen and oxygen atoms in total. The Morgan fingerprint density at radius 1 is 1.29 bits per heavy atom. The predicted molar refractivity (Wildman–Crippen MR) is 94.6 cm³/mol. The van der Waals surface area contributed by atoms with E-state index < -0.39 is 0 Å². The van der Waals surface area contributed by atoms with Gasteiger partial charge in [-0.3, -0.25) is 9.59 Å². The first-order chi connectivity index (χ1) is 11.5. The molecule has 1 heterocycles. The molecule has 2 rings (SSSR count). The first-order valence-electron chi connectivity index (χ1n) is 7.81. The van der Waals surface area contributed by atoms with Gasteiger partial charge in [-0.15, -0.1) is 0 Å². The number of hydrogen-bond acceptors (Lipinski definition) is 3. The maximum Gasteiger partial charge on any atom is 0.253 e. The summed E-state index contributed by atoms with van der Waals surface area (Å²) in [4.78, 5) is 26.5. The number of ether oxygens (including phenoxy) is 1. The highest BCUT2D eigenvalue weighted by Gasteiger charge is 2.08. The van der Waals surface area contributed by atoms with Gasteiger partial charge in [0.05, 0.1) is 11.6 Å². The van der Waals surface area contributed by atoms with Crippen LogP contribution in [-0.2, 0) is 11.3 Å². The van der Waals surface area contributed by atoms with Crippen molar-refractivity contribution in [2.75, 3.05) is 6.61 Å². The largest absolute Gasteiger partial charge is 0.492 e. The molecule has 0 aliphatic carbocycles. The van der Waals surface area contributed by atoms with E-state index in [9.17, 15) is 9.59 Å². The average Bonchev–Trinajstić information content (AvgIpc) is 2.52. The Kier molecular flexibility index (Phi) is 6.44. The normalized spacial score (nSPS) is 10.5. The second-order valence-corrected chi connectivity index (χ2v) is 6.01. The molecule has 0 saturated heterocycles. The molecule has 2 aromatic rings. The van der Waals surface area contributed by atoms with E-state index in [1.807, 2.05) is 32.0 Å². The lowest BCUT2D eigenvalue weighted by molar-refractivity contribution is -0.121. The summed E-state index contributed by atoms with van der Waals surface area (Å²) < 4.78 is 5.53. The van der Waals surface area contributed by atoms with Crippen molar-refractivity contribution in [3.63, 3.8) is 0 Å². The van der Waals surface area contributed by atoms with Gasteiger partial charge >= 0.3 is 0 Å². The van der Waals surface area contributed by atoms with Gasteiger partial charge in [0.2, 0.25) is 5.91 Å². The Morgan fingerprint density at radius 2 is 2.04 bits per heavy atom. The number of hydrogen-bond donors (Lipinski definition) is 2. The molecule has 2 N–H and O–H groups in total. The van der Waals surface area contributed by atoms with Crippen LogP contribution in [0.3, 0.4) is 0 Å². The number of halogens is 1. The Hall–Kier alpha value is -2.27. The Labute approximate surface area is 146 Å². The molecule has 0 radical (unpaired) electrons. The van der Waals surface area contributed by atoms with Crippen molar-refractivity contribution in [3.05, 3.63) is 62.5 Å². The van der Waals surface area contributed by atoms with Gasteiger partial charge in [-0.1, -0.05) is 23.7 Å². The molecule has 0 atom stereocenters. The molecule has 1 aromatic heterocycles. The smallest absolute Gasteiger partial charge is 0.253 e. The monoisotopic (exact) mass is 348 g/mol. The summed E-state index contributed by atoms with van der Waals surface area (Å²) in [7, 11) is 0. The summed E-state index contributed by atoms with van der Waals surface area (Å²) in [6, 6.07) is 9.10. The first kappa shape index (κ1) is 18.1. The summed E-state index contributed by atoms with van der Waals surface area (Å²) in [5.41, 5.74) is 2.11. The van der Waals surface area contributed by atoms with E-state index in [4.69, 9.17) is 16.3 Å². The van der Waals surface area contributed by atoms with Gasteiger partial charge < -0.3 is 15.0 Å². The number of H-pyrrole nitrogens is 1.